The van der Waals surface area contributed by atoms with Crippen LogP contribution in [0.5, 0.6) is 0 Å². The lowest BCUT2D eigenvalue weighted by atomic mass is 10.0. The topological polar surface area (TPSA) is 26.3 Å². The van der Waals surface area contributed by atoms with E-state index in [0.29, 0.717) is 6.42 Å². The second kappa shape index (κ2) is 3.44. The van der Waals surface area contributed by atoms with E-state index < -0.39 is 0 Å². The Hall–Kier alpha value is -1.57. The van der Waals surface area contributed by atoms with Gasteiger partial charge < -0.3 is 4.74 Å². The van der Waals surface area contributed by atoms with Gasteiger partial charge in [0.25, 0.3) is 0 Å². The van der Waals surface area contributed by atoms with Gasteiger partial charge in [0.2, 0.25) is 0 Å². The maximum atomic E-state index is 11.1. The molecule has 2 rings (SSSR count). The fraction of sp³-hybridized carbons (Fsp3) is 0.182. The summed E-state index contributed by atoms with van der Waals surface area (Å²) >= 11 is 0. The molecule has 0 aliphatic carbocycles. The lowest BCUT2D eigenvalue weighted by molar-refractivity contribution is -0.118. The molecular weight excluding hydrogens is 164 g/mol. The highest BCUT2D eigenvalue weighted by molar-refractivity contribution is 5.90. The summed E-state index contributed by atoms with van der Waals surface area (Å²) in [5.41, 5.74) is 1.06. The van der Waals surface area contributed by atoms with E-state index >= 15 is 0 Å². The lowest BCUT2D eigenvalue weighted by Crippen LogP contribution is -2.10. The summed E-state index contributed by atoms with van der Waals surface area (Å²) in [6.45, 7) is 0. The molecule has 1 heterocycles. The third kappa shape index (κ3) is 1.78. The molecule has 0 saturated heterocycles. The summed E-state index contributed by atoms with van der Waals surface area (Å²) < 4.78 is 5.33. The van der Waals surface area contributed by atoms with E-state index in [4.69, 9.17) is 4.74 Å². The van der Waals surface area contributed by atoms with Gasteiger partial charge in [-0.25, -0.2) is 0 Å². The Labute approximate surface area is 76.8 Å². The van der Waals surface area contributed by atoms with Gasteiger partial charge in [0.15, 0.2) is 5.78 Å². The molecule has 0 saturated carbocycles. The molecule has 1 aromatic rings. The van der Waals surface area contributed by atoms with Crippen molar-refractivity contribution < 1.29 is 9.53 Å². The Balaban J connectivity index is 2.19. The SMILES string of the molecule is O=C1C=COC(c2ccccc2)C1. The van der Waals surface area contributed by atoms with Gasteiger partial charge in [0.05, 0.1) is 12.7 Å². The van der Waals surface area contributed by atoms with Crippen LogP contribution in [0.2, 0.25) is 0 Å². The molecule has 13 heavy (non-hydrogen) atoms. The van der Waals surface area contributed by atoms with E-state index in [1.54, 1.807) is 0 Å². The molecule has 0 radical (unpaired) electrons. The number of ether oxygens (including phenoxy) is 1. The zero-order valence-electron chi connectivity index (χ0n) is 7.14. The first-order chi connectivity index (χ1) is 6.36. The van der Waals surface area contributed by atoms with Crippen molar-refractivity contribution in [3.05, 3.63) is 48.2 Å². The number of allylic oxidation sites excluding steroid dienone is 1. The molecular formula is C11H10O2. The van der Waals surface area contributed by atoms with Crippen LogP contribution in [0.3, 0.4) is 0 Å². The standard InChI is InChI=1S/C11H10O2/c12-10-6-7-13-11(8-10)9-4-2-1-3-5-9/h1-7,11H,8H2. The van der Waals surface area contributed by atoms with Crippen molar-refractivity contribution >= 4 is 5.78 Å². The third-order valence-electron chi connectivity index (χ3n) is 2.05. The summed E-state index contributed by atoms with van der Waals surface area (Å²) in [6, 6.07) is 9.78. The number of hydrogen-bond donors (Lipinski definition) is 0. The van der Waals surface area contributed by atoms with Crippen LogP contribution in [0, 0.1) is 0 Å². The van der Waals surface area contributed by atoms with Crippen LogP contribution in [0.25, 0.3) is 0 Å². The minimum absolute atomic E-state index is 0.0984. The largest absolute Gasteiger partial charge is 0.493 e. The maximum Gasteiger partial charge on any atom is 0.162 e. The highest BCUT2D eigenvalue weighted by atomic mass is 16.5. The first-order valence-electron chi connectivity index (χ1n) is 4.26. The van der Waals surface area contributed by atoms with Crippen molar-refractivity contribution in [2.24, 2.45) is 0 Å². The van der Waals surface area contributed by atoms with E-state index in [1.165, 1.54) is 12.3 Å². The van der Waals surface area contributed by atoms with Crippen LogP contribution < -0.4 is 0 Å². The van der Waals surface area contributed by atoms with E-state index in [0.717, 1.165) is 5.56 Å². The number of rotatable bonds is 1. The summed E-state index contributed by atoms with van der Waals surface area (Å²) in [5.74, 6) is 0.125. The average molecular weight is 174 g/mol. The summed E-state index contributed by atoms with van der Waals surface area (Å²) in [5, 5.41) is 0. The normalized spacial score (nSPS) is 21.2. The molecule has 1 aliphatic rings. The highest BCUT2D eigenvalue weighted by Gasteiger charge is 2.17. The van der Waals surface area contributed by atoms with Crippen molar-refractivity contribution in [2.45, 2.75) is 12.5 Å². The van der Waals surface area contributed by atoms with E-state index in [-0.39, 0.29) is 11.9 Å². The Morgan fingerprint density at radius 2 is 2.00 bits per heavy atom. The van der Waals surface area contributed by atoms with Gasteiger partial charge >= 0.3 is 0 Å². The molecule has 2 nitrogen and oxygen atoms in total. The van der Waals surface area contributed by atoms with E-state index in [1.807, 2.05) is 30.3 Å². The van der Waals surface area contributed by atoms with Crippen LogP contribution >= 0.6 is 0 Å². The van der Waals surface area contributed by atoms with E-state index in [2.05, 4.69) is 0 Å². The molecule has 2 heteroatoms. The highest BCUT2D eigenvalue weighted by Crippen LogP contribution is 2.24. The van der Waals surface area contributed by atoms with Crippen molar-refractivity contribution in [3.8, 4) is 0 Å². The van der Waals surface area contributed by atoms with Gasteiger partial charge in [-0.05, 0) is 5.56 Å². The number of carbonyl (C=O) groups excluding carboxylic acids is 1. The Bertz CT molecular complexity index is 327. The van der Waals surface area contributed by atoms with Crippen molar-refractivity contribution in [3.63, 3.8) is 0 Å². The minimum atomic E-state index is -0.0984. The van der Waals surface area contributed by atoms with Crippen molar-refractivity contribution in [1.29, 1.82) is 0 Å². The summed E-state index contributed by atoms with van der Waals surface area (Å²) in [4.78, 5) is 11.1. The number of carbonyl (C=O) groups is 1. The van der Waals surface area contributed by atoms with Gasteiger partial charge in [0.1, 0.15) is 6.10 Å². The zero-order chi connectivity index (χ0) is 9.10. The van der Waals surface area contributed by atoms with Crippen LogP contribution in [0.15, 0.2) is 42.7 Å². The fourth-order valence-electron chi connectivity index (χ4n) is 1.37. The maximum absolute atomic E-state index is 11.1. The molecule has 0 spiro atoms. The predicted molar refractivity (Wildman–Crippen MR) is 49.0 cm³/mol. The van der Waals surface area contributed by atoms with Gasteiger partial charge in [-0.2, -0.15) is 0 Å². The second-order valence-corrected chi connectivity index (χ2v) is 3.01. The second-order valence-electron chi connectivity index (χ2n) is 3.01. The van der Waals surface area contributed by atoms with Gasteiger partial charge in [-0.1, -0.05) is 30.3 Å². The molecule has 1 unspecified atom stereocenters. The smallest absolute Gasteiger partial charge is 0.162 e. The fourth-order valence-corrected chi connectivity index (χ4v) is 1.37. The van der Waals surface area contributed by atoms with Crippen molar-refractivity contribution in [1.82, 2.24) is 0 Å². The Morgan fingerprint density at radius 1 is 1.23 bits per heavy atom. The van der Waals surface area contributed by atoms with E-state index in [9.17, 15) is 4.79 Å². The minimum Gasteiger partial charge on any atom is -0.493 e. The molecule has 0 aromatic heterocycles. The van der Waals surface area contributed by atoms with Gasteiger partial charge in [-0.15, -0.1) is 0 Å². The van der Waals surface area contributed by atoms with Crippen molar-refractivity contribution in [2.75, 3.05) is 0 Å². The molecule has 0 fully saturated rings. The summed E-state index contributed by atoms with van der Waals surface area (Å²) in [7, 11) is 0. The predicted octanol–water partition coefficient (Wildman–Crippen LogP) is 2.23. The molecule has 1 aliphatic heterocycles. The van der Waals surface area contributed by atoms with Crippen LogP contribution in [0.1, 0.15) is 18.1 Å². The van der Waals surface area contributed by atoms with Crippen LogP contribution in [-0.4, -0.2) is 5.78 Å². The lowest BCUT2D eigenvalue weighted by Gasteiger charge is -2.18. The molecule has 0 amide bonds. The van der Waals surface area contributed by atoms with Crippen LogP contribution in [-0.2, 0) is 9.53 Å². The molecule has 1 aromatic carbocycles. The molecule has 0 bridgehead atoms. The molecule has 0 N–H and O–H groups in total. The first kappa shape index (κ1) is 8.05. The van der Waals surface area contributed by atoms with Gasteiger partial charge in [-0.3, -0.25) is 4.79 Å². The zero-order valence-corrected chi connectivity index (χ0v) is 7.14. The first-order valence-corrected chi connectivity index (χ1v) is 4.26. The Kier molecular flexibility index (Phi) is 2.13. The Morgan fingerprint density at radius 3 is 2.69 bits per heavy atom. The molecule has 66 valence electrons. The number of hydrogen-bond acceptors (Lipinski definition) is 2. The van der Waals surface area contributed by atoms with Gasteiger partial charge in [0, 0.05) is 6.08 Å². The third-order valence-corrected chi connectivity index (χ3v) is 2.05. The average Bonchev–Trinajstić information content (AvgIpc) is 2.19. The summed E-state index contributed by atoms with van der Waals surface area (Å²) in [6.07, 6.45) is 3.29. The number of ketones is 1. The monoisotopic (exact) mass is 174 g/mol. The van der Waals surface area contributed by atoms with Crippen LogP contribution in [0.4, 0.5) is 0 Å². The molecule has 1 atom stereocenters. The quantitative estimate of drug-likeness (QED) is 0.652. The number of benzene rings is 1.